The third-order valence-corrected chi connectivity index (χ3v) is 7.09. The second-order valence-corrected chi connectivity index (χ2v) is 10.4. The molecule has 1 aromatic carbocycles. The Morgan fingerprint density at radius 1 is 1.13 bits per heavy atom. The van der Waals surface area contributed by atoms with Gasteiger partial charge in [0.05, 0.1) is 0 Å². The van der Waals surface area contributed by atoms with Gasteiger partial charge in [-0.1, -0.05) is 29.8 Å². The summed E-state index contributed by atoms with van der Waals surface area (Å²) in [4.78, 5) is 0. The monoisotopic (exact) mass is 377 g/mol. The Morgan fingerprint density at radius 2 is 1.83 bits per heavy atom. The van der Waals surface area contributed by atoms with Crippen LogP contribution < -0.4 is 5.32 Å². The van der Waals surface area contributed by atoms with E-state index in [1.54, 1.807) is 6.07 Å². The molecule has 3 heteroatoms. The Morgan fingerprint density at radius 3 is 2.48 bits per heavy atom. The van der Waals surface area contributed by atoms with Crippen LogP contribution in [0.15, 0.2) is 22.7 Å². The largest absolute Gasteiger partial charge is 0.508 e. The summed E-state index contributed by atoms with van der Waals surface area (Å²) in [6, 6.07) is 5.68. The third-order valence-electron chi connectivity index (χ3n) is 6.60. The van der Waals surface area contributed by atoms with Crippen molar-refractivity contribution in [2.75, 3.05) is 6.54 Å². The van der Waals surface area contributed by atoms with Gasteiger partial charge in [0.15, 0.2) is 0 Å². The summed E-state index contributed by atoms with van der Waals surface area (Å²) in [5, 5.41) is 13.7. The quantitative estimate of drug-likeness (QED) is 0.751. The van der Waals surface area contributed by atoms with Gasteiger partial charge in [-0.05, 0) is 78.9 Å². The molecule has 4 bridgehead atoms. The van der Waals surface area contributed by atoms with E-state index in [1.165, 1.54) is 38.5 Å². The summed E-state index contributed by atoms with van der Waals surface area (Å²) in [6.45, 7) is 6.92. The minimum atomic E-state index is 0.394. The second-order valence-electron chi connectivity index (χ2n) is 9.51. The Kier molecular flexibility index (Phi) is 3.63. The maximum absolute atomic E-state index is 10.0. The van der Waals surface area contributed by atoms with Crippen molar-refractivity contribution in [2.45, 2.75) is 58.9 Å². The lowest BCUT2D eigenvalue weighted by Gasteiger charge is -2.65. The average molecular weight is 378 g/mol. The zero-order valence-corrected chi connectivity index (χ0v) is 15.9. The molecule has 2 N–H and O–H groups in total. The van der Waals surface area contributed by atoms with E-state index in [2.05, 4.69) is 35.1 Å². The lowest BCUT2D eigenvalue weighted by molar-refractivity contribution is -0.143. The molecule has 0 aliphatic heterocycles. The molecule has 4 aliphatic carbocycles. The minimum Gasteiger partial charge on any atom is -0.508 e. The number of phenolic OH excluding ortho intramolecular Hbond substituents is 1. The Balaban J connectivity index is 1.46. The summed E-state index contributed by atoms with van der Waals surface area (Å²) in [6.07, 6.45) is 8.54. The van der Waals surface area contributed by atoms with Crippen LogP contribution in [0.4, 0.5) is 0 Å². The maximum atomic E-state index is 10.0. The van der Waals surface area contributed by atoms with Gasteiger partial charge < -0.3 is 10.4 Å². The molecule has 2 atom stereocenters. The van der Waals surface area contributed by atoms with E-state index < -0.39 is 0 Å². The number of nitrogens with one attached hydrogen (secondary N) is 1. The Hall–Kier alpha value is -0.540. The summed E-state index contributed by atoms with van der Waals surface area (Å²) in [5.74, 6) is 1.34. The van der Waals surface area contributed by atoms with Crippen LogP contribution in [-0.2, 0) is 6.54 Å². The first kappa shape index (κ1) is 16.0. The fourth-order valence-corrected chi connectivity index (χ4v) is 7.45. The zero-order chi connectivity index (χ0) is 16.3. The number of phenols is 1. The Bertz CT molecular complexity index is 610. The van der Waals surface area contributed by atoms with Crippen molar-refractivity contribution in [1.29, 1.82) is 0 Å². The van der Waals surface area contributed by atoms with Crippen molar-refractivity contribution in [3.05, 3.63) is 28.2 Å². The molecule has 1 aromatic rings. The van der Waals surface area contributed by atoms with Crippen LogP contribution in [-0.4, -0.2) is 11.7 Å². The van der Waals surface area contributed by atoms with Crippen LogP contribution in [0.2, 0.25) is 0 Å². The van der Waals surface area contributed by atoms with E-state index >= 15 is 0 Å². The predicted octanol–water partition coefficient (Wildman–Crippen LogP) is 5.24. The lowest BCUT2D eigenvalue weighted by atomic mass is 9.40. The van der Waals surface area contributed by atoms with E-state index in [1.807, 2.05) is 12.1 Å². The topological polar surface area (TPSA) is 32.3 Å². The first-order valence-corrected chi connectivity index (χ1v) is 9.76. The van der Waals surface area contributed by atoms with Crippen molar-refractivity contribution in [3.63, 3.8) is 0 Å². The summed E-state index contributed by atoms with van der Waals surface area (Å²) < 4.78 is 1.03. The van der Waals surface area contributed by atoms with Gasteiger partial charge in [-0.15, -0.1) is 0 Å². The van der Waals surface area contributed by atoms with Gasteiger partial charge in [0.25, 0.3) is 0 Å². The maximum Gasteiger partial charge on any atom is 0.120 e. The highest BCUT2D eigenvalue weighted by Crippen LogP contribution is 2.69. The van der Waals surface area contributed by atoms with Crippen LogP contribution in [0.1, 0.15) is 57.9 Å². The summed E-state index contributed by atoms with van der Waals surface area (Å²) >= 11 is 3.49. The molecular weight excluding hydrogens is 350 g/mol. The Labute approximate surface area is 148 Å². The SMILES string of the molecule is C[C@@]12CC3CC(CNCc4cc(Br)ccc4O)(C1)C[C@@](C)(C3)C2. The van der Waals surface area contributed by atoms with Crippen molar-refractivity contribution in [1.82, 2.24) is 5.32 Å². The molecule has 0 heterocycles. The van der Waals surface area contributed by atoms with Crippen molar-refractivity contribution in [2.24, 2.45) is 22.2 Å². The summed E-state index contributed by atoms with van der Waals surface area (Å²) in [7, 11) is 0. The zero-order valence-electron chi connectivity index (χ0n) is 14.3. The number of hydrogen-bond acceptors (Lipinski definition) is 2. The highest BCUT2D eigenvalue weighted by atomic mass is 79.9. The molecule has 0 amide bonds. The fourth-order valence-electron chi connectivity index (χ4n) is 7.04. The van der Waals surface area contributed by atoms with Crippen LogP contribution in [0.25, 0.3) is 0 Å². The van der Waals surface area contributed by atoms with Crippen LogP contribution >= 0.6 is 15.9 Å². The van der Waals surface area contributed by atoms with E-state index in [0.29, 0.717) is 22.0 Å². The first-order chi connectivity index (χ1) is 10.8. The fraction of sp³-hybridized carbons (Fsp3) is 0.700. The van der Waals surface area contributed by atoms with Crippen LogP contribution in [0.5, 0.6) is 5.75 Å². The van der Waals surface area contributed by atoms with E-state index in [0.717, 1.165) is 29.0 Å². The van der Waals surface area contributed by atoms with Gasteiger partial charge in [-0.2, -0.15) is 0 Å². The molecule has 126 valence electrons. The van der Waals surface area contributed by atoms with Gasteiger partial charge >= 0.3 is 0 Å². The normalized spacial score (nSPS) is 41.4. The number of benzene rings is 1. The molecule has 2 nitrogen and oxygen atoms in total. The van der Waals surface area contributed by atoms with Crippen LogP contribution in [0, 0.1) is 22.2 Å². The molecule has 0 saturated heterocycles. The molecule has 4 aliphatic rings. The predicted molar refractivity (Wildman–Crippen MR) is 97.4 cm³/mol. The van der Waals surface area contributed by atoms with Crippen molar-refractivity contribution >= 4 is 15.9 Å². The highest BCUT2D eigenvalue weighted by molar-refractivity contribution is 9.10. The molecule has 4 fully saturated rings. The van der Waals surface area contributed by atoms with Gasteiger partial charge in [-0.25, -0.2) is 0 Å². The molecule has 0 spiro atoms. The number of aromatic hydroxyl groups is 1. The molecule has 23 heavy (non-hydrogen) atoms. The molecular formula is C20H28BrNO. The van der Waals surface area contributed by atoms with Crippen molar-refractivity contribution < 1.29 is 5.11 Å². The minimum absolute atomic E-state index is 0.394. The number of halogens is 1. The highest BCUT2D eigenvalue weighted by Gasteiger charge is 2.59. The van der Waals surface area contributed by atoms with E-state index in [9.17, 15) is 5.11 Å². The van der Waals surface area contributed by atoms with Gasteiger partial charge in [0.1, 0.15) is 5.75 Å². The standard InChI is InChI=1S/C20H28BrNO/c1-18-6-14-7-19(2,10-18)12-20(8-14,11-18)13-22-9-15-5-16(21)3-4-17(15)23/h3-5,14,22-23H,6-13H2,1-2H3/t14?,18-,19-,20?/m0/s1. The molecule has 0 radical (unpaired) electrons. The molecule has 5 rings (SSSR count). The molecule has 0 aromatic heterocycles. The first-order valence-electron chi connectivity index (χ1n) is 8.97. The summed E-state index contributed by atoms with van der Waals surface area (Å²) in [5.41, 5.74) is 2.63. The molecule has 4 saturated carbocycles. The lowest BCUT2D eigenvalue weighted by Crippen LogP contribution is -2.57. The van der Waals surface area contributed by atoms with Crippen molar-refractivity contribution in [3.8, 4) is 5.75 Å². The average Bonchev–Trinajstić information content (AvgIpc) is 2.38. The smallest absolute Gasteiger partial charge is 0.120 e. The van der Waals surface area contributed by atoms with Gasteiger partial charge in [0, 0.05) is 23.1 Å². The van der Waals surface area contributed by atoms with E-state index in [4.69, 9.17) is 0 Å². The second kappa shape index (κ2) is 5.23. The van der Waals surface area contributed by atoms with Gasteiger partial charge in [0.2, 0.25) is 0 Å². The molecule has 0 unspecified atom stereocenters. The van der Waals surface area contributed by atoms with Gasteiger partial charge in [-0.3, -0.25) is 0 Å². The number of rotatable bonds is 4. The van der Waals surface area contributed by atoms with Crippen LogP contribution in [0.3, 0.4) is 0 Å². The van der Waals surface area contributed by atoms with E-state index in [-0.39, 0.29) is 0 Å². The third kappa shape index (κ3) is 2.95. The number of hydrogen-bond donors (Lipinski definition) is 2.